The number of cyclic esters (lactones) is 2. The average Bonchev–Trinajstić information content (AvgIpc) is 2.63. The minimum atomic E-state index is -2.14. The second-order valence-electron chi connectivity index (χ2n) is 6.89. The van der Waals surface area contributed by atoms with Crippen LogP contribution in [0.15, 0.2) is 48.5 Å². The molecule has 3 rings (SSSR count). The molecule has 0 aliphatic carbocycles. The summed E-state index contributed by atoms with van der Waals surface area (Å²) in [6, 6.07) is 9.97. The lowest BCUT2D eigenvalue weighted by atomic mass is 9.71. The molecule has 29 heavy (non-hydrogen) atoms. The number of hydrogen-bond acceptors (Lipinski definition) is 7. The second-order valence-corrected chi connectivity index (χ2v) is 6.89. The lowest BCUT2D eigenvalue weighted by Gasteiger charge is -2.41. The zero-order valence-electron chi connectivity index (χ0n) is 15.6. The largest absolute Gasteiger partial charge is 0.504 e. The maximum Gasteiger partial charge on any atom is 0.335 e. The highest BCUT2D eigenvalue weighted by atomic mass is 16.7. The summed E-state index contributed by atoms with van der Waals surface area (Å²) in [5.41, 5.74) is -2.03. The third-order valence-electron chi connectivity index (χ3n) is 4.45. The summed E-state index contributed by atoms with van der Waals surface area (Å²) in [6.07, 6.45) is 1.87. The smallest absolute Gasteiger partial charge is 0.335 e. The Morgan fingerprint density at radius 1 is 0.966 bits per heavy atom. The number of ether oxygens (including phenoxy) is 2. The highest BCUT2D eigenvalue weighted by molar-refractivity contribution is 6.12. The van der Waals surface area contributed by atoms with Crippen LogP contribution in [0, 0.1) is 0 Å². The van der Waals surface area contributed by atoms with Gasteiger partial charge >= 0.3 is 17.9 Å². The molecule has 2 aromatic carbocycles. The van der Waals surface area contributed by atoms with Gasteiger partial charge in [-0.1, -0.05) is 30.3 Å². The van der Waals surface area contributed by atoms with Crippen molar-refractivity contribution in [3.8, 4) is 11.5 Å². The molecule has 3 N–H and O–H groups in total. The summed E-state index contributed by atoms with van der Waals surface area (Å²) in [5, 5.41) is 28.9. The molecular formula is C21H18O8. The van der Waals surface area contributed by atoms with Gasteiger partial charge in [-0.25, -0.2) is 14.4 Å². The lowest BCUT2D eigenvalue weighted by molar-refractivity contribution is -0.240. The van der Waals surface area contributed by atoms with Crippen molar-refractivity contribution in [2.24, 2.45) is 0 Å². The van der Waals surface area contributed by atoms with Crippen LogP contribution in [0.2, 0.25) is 0 Å². The van der Waals surface area contributed by atoms with Gasteiger partial charge in [-0.3, -0.25) is 0 Å². The molecule has 0 amide bonds. The first-order valence-electron chi connectivity index (χ1n) is 8.58. The Bertz CT molecular complexity index is 1000. The fraction of sp³-hybridized carbons (Fsp3) is 0.190. The van der Waals surface area contributed by atoms with Gasteiger partial charge in [-0.05, 0) is 34.9 Å². The maximum absolute atomic E-state index is 13.2. The molecule has 8 nitrogen and oxygen atoms in total. The Morgan fingerprint density at radius 3 is 2.07 bits per heavy atom. The molecule has 150 valence electrons. The Morgan fingerprint density at radius 2 is 1.52 bits per heavy atom. The number of carbonyl (C=O) groups is 3. The lowest BCUT2D eigenvalue weighted by Crippen LogP contribution is -2.57. The molecule has 1 aliphatic rings. The van der Waals surface area contributed by atoms with Crippen molar-refractivity contribution in [3.63, 3.8) is 0 Å². The fourth-order valence-corrected chi connectivity index (χ4v) is 3.22. The second kappa shape index (κ2) is 6.97. The molecule has 1 heterocycles. The molecule has 0 bridgehead atoms. The van der Waals surface area contributed by atoms with Crippen LogP contribution >= 0.6 is 0 Å². The van der Waals surface area contributed by atoms with E-state index in [0.717, 1.165) is 24.3 Å². The summed E-state index contributed by atoms with van der Waals surface area (Å²) < 4.78 is 10.7. The van der Waals surface area contributed by atoms with Crippen molar-refractivity contribution < 1.29 is 39.2 Å². The maximum atomic E-state index is 13.2. The number of phenols is 2. The molecule has 0 unspecified atom stereocenters. The molecule has 0 atom stereocenters. The summed E-state index contributed by atoms with van der Waals surface area (Å²) in [7, 11) is 0. The van der Waals surface area contributed by atoms with Gasteiger partial charge in [0.05, 0.1) is 0 Å². The third kappa shape index (κ3) is 3.40. The topological polar surface area (TPSA) is 130 Å². The highest BCUT2D eigenvalue weighted by Gasteiger charge is 2.59. The number of carboxylic acid groups (broad SMARTS) is 1. The molecule has 0 radical (unpaired) electrons. The average molecular weight is 398 g/mol. The Labute approximate surface area is 165 Å². The number of carbonyl (C=O) groups excluding carboxylic acids is 2. The number of aromatic hydroxyl groups is 2. The van der Waals surface area contributed by atoms with Gasteiger partial charge in [0.25, 0.3) is 5.79 Å². The Kier molecular flexibility index (Phi) is 4.79. The number of esters is 2. The van der Waals surface area contributed by atoms with Crippen molar-refractivity contribution in [1.29, 1.82) is 0 Å². The van der Waals surface area contributed by atoms with Crippen LogP contribution in [-0.4, -0.2) is 39.0 Å². The molecule has 1 aliphatic heterocycles. The number of phenolic OH excluding ortho intramolecular Hbond substituents is 2. The number of aliphatic carboxylic acids is 1. The first-order valence-corrected chi connectivity index (χ1v) is 8.58. The van der Waals surface area contributed by atoms with Crippen molar-refractivity contribution in [2.45, 2.75) is 25.0 Å². The predicted octanol–water partition coefficient (Wildman–Crippen LogP) is 2.32. The number of benzene rings is 2. The van der Waals surface area contributed by atoms with Crippen LogP contribution in [0.4, 0.5) is 0 Å². The van der Waals surface area contributed by atoms with E-state index in [4.69, 9.17) is 14.6 Å². The summed E-state index contributed by atoms with van der Waals surface area (Å²) in [4.78, 5) is 37.4. The van der Waals surface area contributed by atoms with Crippen LogP contribution in [0.25, 0.3) is 6.08 Å². The molecule has 2 aromatic rings. The van der Waals surface area contributed by atoms with E-state index < -0.39 is 40.6 Å². The van der Waals surface area contributed by atoms with E-state index in [0.29, 0.717) is 0 Å². The van der Waals surface area contributed by atoms with Gasteiger partial charge in [0, 0.05) is 19.9 Å². The van der Waals surface area contributed by atoms with Gasteiger partial charge in [-0.15, -0.1) is 0 Å². The fourth-order valence-electron chi connectivity index (χ4n) is 3.22. The summed E-state index contributed by atoms with van der Waals surface area (Å²) in [6.45, 7) is 2.80. The predicted molar refractivity (Wildman–Crippen MR) is 99.9 cm³/mol. The molecule has 1 saturated heterocycles. The molecule has 1 fully saturated rings. The quantitative estimate of drug-likeness (QED) is 0.310. The molecule has 8 heteroatoms. The zero-order chi connectivity index (χ0) is 21.4. The van der Waals surface area contributed by atoms with Gasteiger partial charge in [0.15, 0.2) is 11.5 Å². The molecular weight excluding hydrogens is 380 g/mol. The van der Waals surface area contributed by atoms with Crippen LogP contribution in [0.1, 0.15) is 30.5 Å². The van der Waals surface area contributed by atoms with Gasteiger partial charge in [-0.2, -0.15) is 0 Å². The van der Waals surface area contributed by atoms with E-state index in [1.54, 1.807) is 18.2 Å². The zero-order valence-corrected chi connectivity index (χ0v) is 15.6. The number of carboxylic acids is 1. The SMILES string of the molecule is CC1(C)OC(=O)C(c2ccccc2)(c2cc(O)c(O)cc2C=CC(=O)O)C(=O)O1. The summed E-state index contributed by atoms with van der Waals surface area (Å²) in [5.74, 6) is -5.87. The Hall–Kier alpha value is -3.81. The van der Waals surface area contributed by atoms with Crippen LogP contribution in [-0.2, 0) is 29.3 Å². The van der Waals surface area contributed by atoms with Crippen LogP contribution < -0.4 is 0 Å². The third-order valence-corrected chi connectivity index (χ3v) is 4.45. The van der Waals surface area contributed by atoms with Crippen LogP contribution in [0.3, 0.4) is 0 Å². The minimum Gasteiger partial charge on any atom is -0.504 e. The Balaban J connectivity index is 2.38. The van der Waals surface area contributed by atoms with E-state index in [1.165, 1.54) is 26.0 Å². The van der Waals surface area contributed by atoms with Crippen molar-refractivity contribution in [2.75, 3.05) is 0 Å². The molecule has 0 aromatic heterocycles. The summed E-state index contributed by atoms with van der Waals surface area (Å²) >= 11 is 0. The van der Waals surface area contributed by atoms with Gasteiger partial charge in [0.2, 0.25) is 5.41 Å². The van der Waals surface area contributed by atoms with Gasteiger partial charge < -0.3 is 24.8 Å². The minimum absolute atomic E-state index is 0.0140. The van der Waals surface area contributed by atoms with Crippen LogP contribution in [0.5, 0.6) is 11.5 Å². The van der Waals surface area contributed by atoms with E-state index in [1.807, 2.05) is 0 Å². The monoisotopic (exact) mass is 398 g/mol. The van der Waals surface area contributed by atoms with Crippen molar-refractivity contribution >= 4 is 24.0 Å². The standard InChI is InChI=1S/C21H18O8/c1-20(2)28-18(26)21(19(27)29-20,13-6-4-3-5-7-13)14-11-16(23)15(22)10-12(14)8-9-17(24)25/h3-11,22-23H,1-2H3,(H,24,25). The van der Waals surface area contributed by atoms with Crippen molar-refractivity contribution in [3.05, 3.63) is 65.2 Å². The van der Waals surface area contributed by atoms with E-state index >= 15 is 0 Å². The first-order chi connectivity index (χ1) is 13.6. The number of rotatable bonds is 4. The van der Waals surface area contributed by atoms with E-state index in [2.05, 4.69) is 0 Å². The molecule has 0 saturated carbocycles. The number of hydrogen-bond donors (Lipinski definition) is 3. The van der Waals surface area contributed by atoms with E-state index in [9.17, 15) is 24.6 Å². The first kappa shape index (κ1) is 19.9. The molecule has 0 spiro atoms. The highest BCUT2D eigenvalue weighted by Crippen LogP contribution is 2.45. The van der Waals surface area contributed by atoms with E-state index in [-0.39, 0.29) is 16.7 Å². The van der Waals surface area contributed by atoms with Crippen molar-refractivity contribution in [1.82, 2.24) is 0 Å². The van der Waals surface area contributed by atoms with Gasteiger partial charge in [0.1, 0.15) is 0 Å². The normalized spacial score (nSPS) is 17.6.